The molecule has 2 rings (SSSR count). The quantitative estimate of drug-likeness (QED) is 0.678. The zero-order valence-electron chi connectivity index (χ0n) is 10.8. The Morgan fingerprint density at radius 1 is 1.55 bits per heavy atom. The van der Waals surface area contributed by atoms with Crippen LogP contribution in [0.2, 0.25) is 0 Å². The van der Waals surface area contributed by atoms with Crippen LogP contribution >= 0.6 is 0 Å². The number of hydrogen-bond donors (Lipinski definition) is 3. The first-order valence-electron chi connectivity index (χ1n) is 5.98. The minimum Gasteiger partial charge on any atom is -0.477 e. The molecule has 2 heterocycles. The lowest BCUT2D eigenvalue weighted by molar-refractivity contribution is -0.122. The van der Waals surface area contributed by atoms with Gasteiger partial charge in [-0.25, -0.2) is 17.9 Å². The number of rotatable bonds is 4. The normalized spacial score (nSPS) is 19.6. The fourth-order valence-corrected chi connectivity index (χ4v) is 3.35. The molecule has 3 N–H and O–H groups in total. The molecule has 8 nitrogen and oxygen atoms in total. The molecule has 1 aliphatic rings. The van der Waals surface area contributed by atoms with E-state index in [9.17, 15) is 18.0 Å². The molecule has 1 fully saturated rings. The fraction of sp³-hybridized carbons (Fsp3) is 0.455. The third kappa shape index (κ3) is 2.99. The summed E-state index contributed by atoms with van der Waals surface area (Å²) >= 11 is 0. The van der Waals surface area contributed by atoms with Gasteiger partial charge in [-0.3, -0.25) is 4.79 Å². The van der Waals surface area contributed by atoms with Crippen LogP contribution in [0.25, 0.3) is 0 Å². The van der Waals surface area contributed by atoms with Crippen LogP contribution in [-0.2, 0) is 21.9 Å². The first-order valence-corrected chi connectivity index (χ1v) is 7.46. The van der Waals surface area contributed by atoms with E-state index in [1.807, 2.05) is 0 Å². The smallest absolute Gasteiger partial charge is 0.352 e. The summed E-state index contributed by atoms with van der Waals surface area (Å²) < 4.78 is 28.0. The van der Waals surface area contributed by atoms with Crippen LogP contribution in [0.4, 0.5) is 0 Å². The molecule has 110 valence electrons. The van der Waals surface area contributed by atoms with Gasteiger partial charge in [0.15, 0.2) is 0 Å². The molecule has 1 amide bonds. The minimum absolute atomic E-state index is 0.103. The van der Waals surface area contributed by atoms with Crippen molar-refractivity contribution < 1.29 is 23.1 Å². The van der Waals surface area contributed by atoms with Crippen molar-refractivity contribution in [1.82, 2.24) is 14.6 Å². The molecule has 1 aliphatic heterocycles. The highest BCUT2D eigenvalue weighted by Gasteiger charge is 2.26. The van der Waals surface area contributed by atoms with Gasteiger partial charge >= 0.3 is 5.97 Å². The predicted octanol–water partition coefficient (Wildman–Crippen LogP) is -0.720. The Hall–Kier alpha value is -1.87. The number of nitrogens with zero attached hydrogens (tertiary/aromatic N) is 1. The monoisotopic (exact) mass is 301 g/mol. The standard InChI is InChI=1S/C11H15N3O5S/c1-14-6-8(4-9(14)11(16)17)20(18,19)13-7-2-3-10(15)12-5-7/h4,6-7,13H,2-3,5H2,1H3,(H,12,15)(H,16,17). The molecular formula is C11H15N3O5S. The van der Waals surface area contributed by atoms with Crippen molar-refractivity contribution in [2.75, 3.05) is 6.54 Å². The van der Waals surface area contributed by atoms with Crippen molar-refractivity contribution in [3.8, 4) is 0 Å². The molecule has 0 aromatic carbocycles. The van der Waals surface area contributed by atoms with Gasteiger partial charge in [0.05, 0.1) is 0 Å². The van der Waals surface area contributed by atoms with E-state index in [-0.39, 0.29) is 35.5 Å². The Morgan fingerprint density at radius 2 is 2.25 bits per heavy atom. The lowest BCUT2D eigenvalue weighted by atomic mass is 10.1. The summed E-state index contributed by atoms with van der Waals surface area (Å²) in [6.45, 7) is 0.233. The van der Waals surface area contributed by atoms with Gasteiger partial charge in [0.25, 0.3) is 0 Å². The van der Waals surface area contributed by atoms with Crippen LogP contribution in [0.3, 0.4) is 0 Å². The highest BCUT2D eigenvalue weighted by molar-refractivity contribution is 7.89. The molecule has 0 aliphatic carbocycles. The van der Waals surface area contributed by atoms with E-state index in [1.165, 1.54) is 17.8 Å². The number of carbonyl (C=O) groups is 2. The predicted molar refractivity (Wildman–Crippen MR) is 68.7 cm³/mol. The number of carboxylic acids is 1. The molecule has 0 spiro atoms. The average Bonchev–Trinajstić information content (AvgIpc) is 2.75. The van der Waals surface area contributed by atoms with E-state index in [4.69, 9.17) is 5.11 Å². The highest BCUT2D eigenvalue weighted by atomic mass is 32.2. The second kappa shape index (κ2) is 5.25. The molecule has 1 unspecified atom stereocenters. The lowest BCUT2D eigenvalue weighted by Crippen LogP contribution is -2.47. The van der Waals surface area contributed by atoms with E-state index < -0.39 is 16.0 Å². The Bertz CT molecular complexity index is 639. The summed E-state index contributed by atoms with van der Waals surface area (Å²) in [6, 6.07) is 0.720. The first kappa shape index (κ1) is 14.5. The first-order chi connectivity index (χ1) is 9.29. The summed E-state index contributed by atoms with van der Waals surface area (Å²) in [7, 11) is -2.34. The number of aryl methyl sites for hydroxylation is 1. The van der Waals surface area contributed by atoms with Gasteiger partial charge in [-0.05, 0) is 12.5 Å². The van der Waals surface area contributed by atoms with E-state index >= 15 is 0 Å². The Balaban J connectivity index is 2.16. The number of hydrogen-bond acceptors (Lipinski definition) is 4. The zero-order valence-corrected chi connectivity index (χ0v) is 11.6. The van der Waals surface area contributed by atoms with Crippen molar-refractivity contribution in [3.05, 3.63) is 18.0 Å². The molecule has 1 atom stereocenters. The molecule has 0 saturated carbocycles. The van der Waals surface area contributed by atoms with Crippen molar-refractivity contribution >= 4 is 21.9 Å². The summed E-state index contributed by atoms with van der Waals surface area (Å²) in [5, 5.41) is 11.5. The van der Waals surface area contributed by atoms with Gasteiger partial charge < -0.3 is 15.0 Å². The summed E-state index contributed by atoms with van der Waals surface area (Å²) in [5.74, 6) is -1.30. The third-order valence-corrected chi connectivity index (χ3v) is 4.58. The molecule has 20 heavy (non-hydrogen) atoms. The number of aromatic nitrogens is 1. The van der Waals surface area contributed by atoms with E-state index in [0.29, 0.717) is 6.42 Å². The van der Waals surface area contributed by atoms with Crippen molar-refractivity contribution in [2.24, 2.45) is 7.05 Å². The Morgan fingerprint density at radius 3 is 2.75 bits per heavy atom. The molecule has 1 aromatic rings. The van der Waals surface area contributed by atoms with Gasteiger partial charge in [-0.15, -0.1) is 0 Å². The number of piperidine rings is 1. The molecule has 0 bridgehead atoms. The maximum absolute atomic E-state index is 12.1. The van der Waals surface area contributed by atoms with Gasteiger partial charge in [0.1, 0.15) is 10.6 Å². The van der Waals surface area contributed by atoms with Gasteiger partial charge in [0.2, 0.25) is 15.9 Å². The number of sulfonamides is 1. The molecular weight excluding hydrogens is 286 g/mol. The van der Waals surface area contributed by atoms with Crippen molar-refractivity contribution in [2.45, 2.75) is 23.8 Å². The third-order valence-electron chi connectivity index (χ3n) is 3.10. The average molecular weight is 301 g/mol. The second-order valence-corrected chi connectivity index (χ2v) is 6.35. The number of amides is 1. The van der Waals surface area contributed by atoms with Crippen LogP contribution in [0.15, 0.2) is 17.2 Å². The molecule has 0 radical (unpaired) electrons. The second-order valence-electron chi connectivity index (χ2n) is 4.64. The van der Waals surface area contributed by atoms with E-state index in [0.717, 1.165) is 6.07 Å². The number of nitrogens with one attached hydrogen (secondary N) is 2. The van der Waals surface area contributed by atoms with Gasteiger partial charge in [-0.2, -0.15) is 0 Å². The van der Waals surface area contributed by atoms with Crippen molar-refractivity contribution in [3.63, 3.8) is 0 Å². The van der Waals surface area contributed by atoms with Crippen LogP contribution in [0.1, 0.15) is 23.3 Å². The van der Waals surface area contributed by atoms with E-state index in [1.54, 1.807) is 0 Å². The van der Waals surface area contributed by atoms with Crippen LogP contribution in [0.5, 0.6) is 0 Å². The largest absolute Gasteiger partial charge is 0.477 e. The molecule has 9 heteroatoms. The maximum Gasteiger partial charge on any atom is 0.352 e. The summed E-state index contributed by atoms with van der Waals surface area (Å²) in [4.78, 5) is 21.8. The van der Waals surface area contributed by atoms with E-state index in [2.05, 4.69) is 10.0 Å². The Kier molecular flexibility index (Phi) is 3.82. The van der Waals surface area contributed by atoms with Gasteiger partial charge in [-0.1, -0.05) is 0 Å². The van der Waals surface area contributed by atoms with Crippen LogP contribution < -0.4 is 10.0 Å². The number of aromatic carboxylic acids is 1. The lowest BCUT2D eigenvalue weighted by Gasteiger charge is -2.22. The van der Waals surface area contributed by atoms with Gasteiger partial charge in [0, 0.05) is 32.3 Å². The summed E-state index contributed by atoms with van der Waals surface area (Å²) in [6.07, 6.45) is 1.93. The summed E-state index contributed by atoms with van der Waals surface area (Å²) in [5.41, 5.74) is -0.109. The fourth-order valence-electron chi connectivity index (χ4n) is 2.01. The maximum atomic E-state index is 12.1. The Labute approximate surface area is 115 Å². The van der Waals surface area contributed by atoms with Crippen LogP contribution in [0, 0.1) is 0 Å². The number of carboxylic acid groups (broad SMARTS) is 1. The van der Waals surface area contributed by atoms with Crippen LogP contribution in [-0.4, -0.2) is 42.6 Å². The zero-order chi connectivity index (χ0) is 14.9. The molecule has 1 aromatic heterocycles. The minimum atomic E-state index is -3.80. The topological polar surface area (TPSA) is 118 Å². The SMILES string of the molecule is Cn1cc(S(=O)(=O)NC2CCC(=O)NC2)cc1C(=O)O. The van der Waals surface area contributed by atoms with Crippen molar-refractivity contribution in [1.29, 1.82) is 0 Å². The molecule has 1 saturated heterocycles. The highest BCUT2D eigenvalue weighted by Crippen LogP contribution is 2.15. The number of carbonyl (C=O) groups excluding carboxylic acids is 1.